The Morgan fingerprint density at radius 2 is 2.00 bits per heavy atom. The molecule has 1 aliphatic carbocycles. The molecule has 6 nitrogen and oxygen atoms in total. The second kappa shape index (κ2) is 4.85. The van der Waals surface area contributed by atoms with Crippen LogP contribution in [0.15, 0.2) is 12.4 Å². The van der Waals surface area contributed by atoms with Gasteiger partial charge in [0.05, 0.1) is 24.1 Å². The summed E-state index contributed by atoms with van der Waals surface area (Å²) in [5.74, 6) is -0.0523. The third kappa shape index (κ3) is 2.26. The minimum Gasteiger partial charge on any atom is -0.340 e. The Morgan fingerprint density at radius 3 is 2.65 bits per heavy atom. The monoisotopic (exact) mass is 274 g/mol. The highest BCUT2D eigenvalue weighted by Gasteiger charge is 2.48. The molecule has 2 aliphatic rings. The molecule has 1 N–H and O–H groups in total. The Morgan fingerprint density at radius 1 is 1.25 bits per heavy atom. The van der Waals surface area contributed by atoms with Crippen LogP contribution in [-0.2, 0) is 16.1 Å². The van der Waals surface area contributed by atoms with Crippen molar-refractivity contribution in [3.8, 4) is 0 Å². The molecular formula is C14H18N4O2. The van der Waals surface area contributed by atoms with Gasteiger partial charge in [0.25, 0.3) is 0 Å². The number of hydrogen-bond acceptors (Lipinski definition) is 4. The number of aryl methyl sites for hydroxylation is 1. The van der Waals surface area contributed by atoms with Crippen LogP contribution < -0.4 is 5.32 Å². The van der Waals surface area contributed by atoms with Gasteiger partial charge >= 0.3 is 0 Å². The van der Waals surface area contributed by atoms with Gasteiger partial charge < -0.3 is 10.2 Å². The summed E-state index contributed by atoms with van der Waals surface area (Å²) in [6.07, 6.45) is 6.81. The van der Waals surface area contributed by atoms with Crippen LogP contribution in [0, 0.1) is 6.92 Å². The second-order valence-corrected chi connectivity index (χ2v) is 5.65. The molecule has 2 heterocycles. The highest BCUT2D eigenvalue weighted by atomic mass is 16.2. The summed E-state index contributed by atoms with van der Waals surface area (Å²) in [5.41, 5.74) is 0.892. The zero-order valence-electron chi connectivity index (χ0n) is 11.6. The molecule has 1 aromatic rings. The Bertz CT molecular complexity index is 535. The molecule has 1 saturated carbocycles. The Kier molecular flexibility index (Phi) is 3.16. The average Bonchev–Trinajstić information content (AvgIpc) is 2.87. The molecule has 2 amide bonds. The normalized spacial score (nSPS) is 21.4. The SMILES string of the molecule is Cc1cnc(CN2CC(=O)NC3(CCCC3)C2=O)cn1. The first-order chi connectivity index (χ1) is 9.59. The predicted molar refractivity (Wildman–Crippen MR) is 71.5 cm³/mol. The number of nitrogens with zero attached hydrogens (tertiary/aromatic N) is 3. The maximum atomic E-state index is 12.6. The summed E-state index contributed by atoms with van der Waals surface area (Å²) in [6, 6.07) is 0. The van der Waals surface area contributed by atoms with Crippen molar-refractivity contribution in [2.75, 3.05) is 6.54 Å². The first kappa shape index (κ1) is 13.0. The van der Waals surface area contributed by atoms with Gasteiger partial charge in [0.1, 0.15) is 12.1 Å². The molecule has 106 valence electrons. The summed E-state index contributed by atoms with van der Waals surface area (Å²) in [6.45, 7) is 2.32. The predicted octanol–water partition coefficient (Wildman–Crippen LogP) is 0.556. The van der Waals surface area contributed by atoms with E-state index in [1.165, 1.54) is 0 Å². The largest absolute Gasteiger partial charge is 0.340 e. The molecule has 0 bridgehead atoms. The number of piperazine rings is 1. The quantitative estimate of drug-likeness (QED) is 0.855. The molecule has 0 aromatic carbocycles. The molecule has 0 unspecified atom stereocenters. The van der Waals surface area contributed by atoms with Crippen molar-refractivity contribution >= 4 is 11.8 Å². The van der Waals surface area contributed by atoms with Crippen LogP contribution in [0.1, 0.15) is 37.1 Å². The van der Waals surface area contributed by atoms with Crippen molar-refractivity contribution in [3.05, 3.63) is 23.8 Å². The van der Waals surface area contributed by atoms with E-state index in [1.807, 2.05) is 6.92 Å². The lowest BCUT2D eigenvalue weighted by atomic mass is 9.93. The van der Waals surface area contributed by atoms with Gasteiger partial charge in [0.15, 0.2) is 0 Å². The van der Waals surface area contributed by atoms with Crippen LogP contribution in [0.3, 0.4) is 0 Å². The first-order valence-electron chi connectivity index (χ1n) is 6.97. The molecule has 1 aromatic heterocycles. The van der Waals surface area contributed by atoms with Crippen LogP contribution in [0.2, 0.25) is 0 Å². The second-order valence-electron chi connectivity index (χ2n) is 5.65. The van der Waals surface area contributed by atoms with Crippen molar-refractivity contribution in [2.24, 2.45) is 0 Å². The standard InChI is InChI=1S/C14H18N4O2/c1-10-6-16-11(7-15-10)8-18-9-12(19)17-14(13(18)20)4-2-3-5-14/h6-7H,2-5,8-9H2,1H3,(H,17,19). The number of aromatic nitrogens is 2. The lowest BCUT2D eigenvalue weighted by Gasteiger charge is -2.39. The van der Waals surface area contributed by atoms with Gasteiger partial charge in [0, 0.05) is 6.20 Å². The van der Waals surface area contributed by atoms with Crippen LogP contribution in [-0.4, -0.2) is 38.8 Å². The van der Waals surface area contributed by atoms with E-state index in [0.717, 1.165) is 31.4 Å². The molecule has 1 saturated heterocycles. The van der Waals surface area contributed by atoms with E-state index in [1.54, 1.807) is 17.3 Å². The van der Waals surface area contributed by atoms with E-state index in [9.17, 15) is 9.59 Å². The Hall–Kier alpha value is -1.98. The van der Waals surface area contributed by atoms with Crippen LogP contribution in [0.5, 0.6) is 0 Å². The first-order valence-corrected chi connectivity index (χ1v) is 6.97. The van der Waals surface area contributed by atoms with E-state index in [4.69, 9.17) is 0 Å². The fraction of sp³-hybridized carbons (Fsp3) is 0.571. The van der Waals surface area contributed by atoms with Crippen molar-refractivity contribution < 1.29 is 9.59 Å². The third-order valence-electron chi connectivity index (χ3n) is 4.05. The van der Waals surface area contributed by atoms with Crippen LogP contribution in [0.25, 0.3) is 0 Å². The fourth-order valence-corrected chi connectivity index (χ4v) is 3.05. The minimum atomic E-state index is -0.659. The van der Waals surface area contributed by atoms with Crippen molar-refractivity contribution in [2.45, 2.75) is 44.7 Å². The van der Waals surface area contributed by atoms with Crippen LogP contribution >= 0.6 is 0 Å². The summed E-state index contributed by atoms with van der Waals surface area (Å²) >= 11 is 0. The average molecular weight is 274 g/mol. The Balaban J connectivity index is 1.79. The van der Waals surface area contributed by atoms with E-state index in [2.05, 4.69) is 15.3 Å². The maximum Gasteiger partial charge on any atom is 0.249 e. The number of hydrogen-bond donors (Lipinski definition) is 1. The highest BCUT2D eigenvalue weighted by molar-refractivity contribution is 5.98. The van der Waals surface area contributed by atoms with E-state index in [-0.39, 0.29) is 18.4 Å². The topological polar surface area (TPSA) is 75.2 Å². The Labute approximate surface area is 117 Å². The van der Waals surface area contributed by atoms with Gasteiger partial charge in [0.2, 0.25) is 11.8 Å². The van der Waals surface area contributed by atoms with Gasteiger partial charge in [-0.25, -0.2) is 0 Å². The highest BCUT2D eigenvalue weighted by Crippen LogP contribution is 2.33. The molecule has 20 heavy (non-hydrogen) atoms. The zero-order valence-corrected chi connectivity index (χ0v) is 11.6. The van der Waals surface area contributed by atoms with Gasteiger partial charge in [-0.1, -0.05) is 12.8 Å². The third-order valence-corrected chi connectivity index (χ3v) is 4.05. The van der Waals surface area contributed by atoms with E-state index < -0.39 is 5.54 Å². The lowest BCUT2D eigenvalue weighted by Crippen LogP contribution is -2.65. The minimum absolute atomic E-state index is 0.0250. The number of rotatable bonds is 2. The molecule has 1 aliphatic heterocycles. The van der Waals surface area contributed by atoms with Gasteiger partial charge in [-0.2, -0.15) is 0 Å². The summed E-state index contributed by atoms with van der Waals surface area (Å²) in [4.78, 5) is 34.5. The smallest absolute Gasteiger partial charge is 0.249 e. The molecule has 2 fully saturated rings. The molecule has 3 rings (SSSR count). The van der Waals surface area contributed by atoms with Crippen LogP contribution in [0.4, 0.5) is 0 Å². The number of amides is 2. The number of nitrogens with one attached hydrogen (secondary N) is 1. The fourth-order valence-electron chi connectivity index (χ4n) is 3.05. The van der Waals surface area contributed by atoms with Crippen molar-refractivity contribution in [1.82, 2.24) is 20.2 Å². The number of carbonyl (C=O) groups excluding carboxylic acids is 2. The molecular weight excluding hydrogens is 256 g/mol. The van der Waals surface area contributed by atoms with Gasteiger partial charge in [-0.15, -0.1) is 0 Å². The molecule has 0 radical (unpaired) electrons. The van der Waals surface area contributed by atoms with Gasteiger partial charge in [-0.3, -0.25) is 19.6 Å². The molecule has 0 atom stereocenters. The molecule has 6 heteroatoms. The summed E-state index contributed by atoms with van der Waals surface area (Å²) in [7, 11) is 0. The van der Waals surface area contributed by atoms with Gasteiger partial charge in [-0.05, 0) is 19.8 Å². The van der Waals surface area contributed by atoms with Crippen molar-refractivity contribution in [3.63, 3.8) is 0 Å². The van der Waals surface area contributed by atoms with E-state index in [0.29, 0.717) is 12.2 Å². The summed E-state index contributed by atoms with van der Waals surface area (Å²) in [5, 5.41) is 2.90. The maximum absolute atomic E-state index is 12.6. The van der Waals surface area contributed by atoms with Crippen molar-refractivity contribution in [1.29, 1.82) is 0 Å². The summed E-state index contributed by atoms with van der Waals surface area (Å²) < 4.78 is 0. The lowest BCUT2D eigenvalue weighted by molar-refractivity contribution is -0.150. The number of carbonyl (C=O) groups is 2. The van der Waals surface area contributed by atoms with E-state index >= 15 is 0 Å². The zero-order chi connectivity index (χ0) is 14.2. The molecule has 1 spiro atoms.